The van der Waals surface area contributed by atoms with Crippen molar-refractivity contribution >= 4 is 11.9 Å². The van der Waals surface area contributed by atoms with Gasteiger partial charge < -0.3 is 4.74 Å². The van der Waals surface area contributed by atoms with E-state index in [4.69, 9.17) is 0 Å². The molecule has 2 saturated carbocycles. The van der Waals surface area contributed by atoms with Crippen LogP contribution in [0.5, 0.6) is 0 Å². The van der Waals surface area contributed by atoms with Crippen molar-refractivity contribution in [3.63, 3.8) is 0 Å². The number of unbranched alkanes of at least 4 members (excludes halogenated alkanes) is 6. The molecule has 0 aromatic carbocycles. The second-order valence-electron chi connectivity index (χ2n) is 7.63. The Kier molecular flexibility index (Phi) is 5.91. The van der Waals surface area contributed by atoms with Gasteiger partial charge in [0.2, 0.25) is 0 Å². The van der Waals surface area contributed by atoms with Crippen molar-refractivity contribution in [1.29, 1.82) is 0 Å². The summed E-state index contributed by atoms with van der Waals surface area (Å²) in [6.07, 6.45) is 18.3. The fourth-order valence-corrected chi connectivity index (χ4v) is 4.20. The Morgan fingerprint density at radius 1 is 0.917 bits per heavy atom. The van der Waals surface area contributed by atoms with Gasteiger partial charge in [-0.25, -0.2) is 9.59 Å². The summed E-state index contributed by atoms with van der Waals surface area (Å²) in [6.45, 7) is 2.28. The molecule has 2 fully saturated rings. The fraction of sp³-hybridized carbons (Fsp3) is 0.714. The van der Waals surface area contributed by atoms with Gasteiger partial charge in [0.25, 0.3) is 0 Å². The molecule has 4 rings (SSSR count). The second-order valence-corrected chi connectivity index (χ2v) is 7.63. The monoisotopic (exact) mass is 330 g/mol. The number of esters is 2. The van der Waals surface area contributed by atoms with E-state index in [0.29, 0.717) is 23.0 Å². The van der Waals surface area contributed by atoms with Crippen LogP contribution in [0.25, 0.3) is 0 Å². The van der Waals surface area contributed by atoms with Crippen LogP contribution in [-0.2, 0) is 14.3 Å². The minimum absolute atomic E-state index is 0.337. The van der Waals surface area contributed by atoms with Crippen LogP contribution in [0.2, 0.25) is 0 Å². The lowest BCUT2D eigenvalue weighted by Gasteiger charge is -2.06. The Morgan fingerprint density at radius 2 is 1.50 bits per heavy atom. The van der Waals surface area contributed by atoms with Crippen molar-refractivity contribution in [2.75, 3.05) is 0 Å². The molecule has 0 saturated heterocycles. The summed E-state index contributed by atoms with van der Waals surface area (Å²) in [6, 6.07) is 0. The molecular formula is C21H30O3. The zero-order valence-corrected chi connectivity index (χ0v) is 14.9. The van der Waals surface area contributed by atoms with Crippen LogP contribution in [0.4, 0.5) is 0 Å². The predicted molar refractivity (Wildman–Crippen MR) is 94.3 cm³/mol. The van der Waals surface area contributed by atoms with Crippen LogP contribution < -0.4 is 0 Å². The van der Waals surface area contributed by atoms with E-state index in [1.165, 1.54) is 57.8 Å². The number of hydrogen-bond donors (Lipinski definition) is 0. The molecule has 2 bridgehead atoms. The van der Waals surface area contributed by atoms with E-state index >= 15 is 0 Å². The molecule has 2 unspecified atom stereocenters. The molecule has 0 spiro atoms. The molecule has 0 radical (unpaired) electrons. The molecule has 0 aromatic heterocycles. The normalized spacial score (nSPS) is 26.3. The van der Waals surface area contributed by atoms with Crippen molar-refractivity contribution in [2.45, 2.75) is 84.0 Å². The number of carbonyl (C=O) groups is 2. The van der Waals surface area contributed by atoms with Crippen LogP contribution in [0.1, 0.15) is 84.0 Å². The number of carbonyl (C=O) groups excluding carboxylic acids is 2. The van der Waals surface area contributed by atoms with Crippen LogP contribution in [0.3, 0.4) is 0 Å². The third-order valence-corrected chi connectivity index (χ3v) is 5.69. The predicted octanol–water partition coefficient (Wildman–Crippen LogP) is 5.25. The molecule has 3 heteroatoms. The van der Waals surface area contributed by atoms with Gasteiger partial charge in [-0.15, -0.1) is 0 Å². The fourth-order valence-electron chi connectivity index (χ4n) is 4.20. The maximum absolute atomic E-state index is 11.2. The standard InChI is InChI=1S/C12H22.C9H8O3/c1-2-3-4-5-6-7-8-9-12-10-11-12;10-8-6-4-1-2-5(3-4)7(6)9(11)12-8/h9H,2-8,10-11H2,1H3;4-5H,1-3H2. The van der Waals surface area contributed by atoms with Crippen molar-refractivity contribution in [2.24, 2.45) is 11.8 Å². The molecule has 0 amide bonds. The number of ether oxygens (including phenoxy) is 1. The van der Waals surface area contributed by atoms with Crippen LogP contribution in [0, 0.1) is 11.8 Å². The molecule has 2 atom stereocenters. The summed E-state index contributed by atoms with van der Waals surface area (Å²) in [5, 5.41) is 0. The lowest BCUT2D eigenvalue weighted by molar-refractivity contribution is -0.151. The number of fused-ring (bicyclic) bond motifs is 4. The molecule has 3 aliphatic carbocycles. The first-order valence-electron chi connectivity index (χ1n) is 9.89. The van der Waals surface area contributed by atoms with E-state index in [9.17, 15) is 9.59 Å². The van der Waals surface area contributed by atoms with Crippen LogP contribution in [0.15, 0.2) is 22.8 Å². The van der Waals surface area contributed by atoms with Crippen molar-refractivity contribution in [1.82, 2.24) is 0 Å². The highest BCUT2D eigenvalue weighted by molar-refractivity contribution is 6.13. The maximum Gasteiger partial charge on any atom is 0.342 e. The van der Waals surface area contributed by atoms with Crippen molar-refractivity contribution in [3.8, 4) is 0 Å². The molecule has 0 aromatic rings. The third kappa shape index (κ3) is 4.17. The van der Waals surface area contributed by atoms with E-state index < -0.39 is 0 Å². The smallest absolute Gasteiger partial charge is 0.342 e. The summed E-state index contributed by atoms with van der Waals surface area (Å²) in [5.74, 6) is -0.0719. The maximum atomic E-state index is 11.2. The first-order valence-corrected chi connectivity index (χ1v) is 9.89. The highest BCUT2D eigenvalue weighted by atomic mass is 16.6. The van der Waals surface area contributed by atoms with E-state index in [1.807, 2.05) is 0 Å². The Morgan fingerprint density at radius 3 is 2.08 bits per heavy atom. The van der Waals surface area contributed by atoms with E-state index in [0.717, 1.165) is 19.3 Å². The van der Waals surface area contributed by atoms with Crippen LogP contribution in [-0.4, -0.2) is 11.9 Å². The molecule has 132 valence electrons. The molecule has 3 nitrogen and oxygen atoms in total. The Labute approximate surface area is 145 Å². The van der Waals surface area contributed by atoms with Gasteiger partial charge in [-0.1, -0.05) is 50.7 Å². The highest BCUT2D eigenvalue weighted by Gasteiger charge is 2.50. The number of cyclic esters (lactones) is 2. The molecule has 0 N–H and O–H groups in total. The summed E-state index contributed by atoms with van der Waals surface area (Å²) in [4.78, 5) is 22.3. The van der Waals surface area contributed by atoms with E-state index in [2.05, 4.69) is 17.7 Å². The van der Waals surface area contributed by atoms with Crippen molar-refractivity contribution in [3.05, 3.63) is 22.8 Å². The average Bonchev–Trinajstić information content (AvgIpc) is 3.02. The van der Waals surface area contributed by atoms with Gasteiger partial charge >= 0.3 is 11.9 Å². The molecule has 24 heavy (non-hydrogen) atoms. The van der Waals surface area contributed by atoms with Gasteiger partial charge in [0.1, 0.15) is 0 Å². The summed E-state index contributed by atoms with van der Waals surface area (Å²) >= 11 is 0. The SMILES string of the molecule is CCCCCCCCC=C1CC1.O=C1OC(=O)C2=C1C1CCC2C1. The van der Waals surface area contributed by atoms with Gasteiger partial charge in [0.05, 0.1) is 11.1 Å². The molecule has 4 aliphatic rings. The zero-order chi connectivity index (χ0) is 16.9. The van der Waals surface area contributed by atoms with E-state index in [1.54, 1.807) is 5.57 Å². The summed E-state index contributed by atoms with van der Waals surface area (Å²) < 4.78 is 4.56. The zero-order valence-electron chi connectivity index (χ0n) is 14.9. The first-order chi connectivity index (χ1) is 11.7. The molecular weight excluding hydrogens is 300 g/mol. The van der Waals surface area contributed by atoms with E-state index in [-0.39, 0.29) is 11.9 Å². The summed E-state index contributed by atoms with van der Waals surface area (Å²) in [5.41, 5.74) is 3.12. The highest BCUT2D eigenvalue weighted by Crippen LogP contribution is 2.51. The quantitative estimate of drug-likeness (QED) is 0.277. The Balaban J connectivity index is 0.000000141. The number of rotatable bonds is 7. The Hall–Kier alpha value is -1.38. The minimum Gasteiger partial charge on any atom is -0.386 e. The lowest BCUT2D eigenvalue weighted by atomic mass is 9.93. The van der Waals surface area contributed by atoms with Gasteiger partial charge in [-0.05, 0) is 56.8 Å². The molecule has 1 aliphatic heterocycles. The topological polar surface area (TPSA) is 43.4 Å². The molecule has 1 heterocycles. The van der Waals surface area contributed by atoms with Gasteiger partial charge in [-0.3, -0.25) is 0 Å². The van der Waals surface area contributed by atoms with Gasteiger partial charge in [0, 0.05) is 0 Å². The Bertz CT molecular complexity index is 519. The third-order valence-electron chi connectivity index (χ3n) is 5.69. The van der Waals surface area contributed by atoms with Gasteiger partial charge in [-0.2, -0.15) is 0 Å². The largest absolute Gasteiger partial charge is 0.386 e. The second kappa shape index (κ2) is 8.13. The minimum atomic E-state index is -0.373. The number of hydrogen-bond acceptors (Lipinski definition) is 3. The lowest BCUT2D eigenvalue weighted by Crippen LogP contribution is -2.08. The van der Waals surface area contributed by atoms with Gasteiger partial charge in [0.15, 0.2) is 0 Å². The summed E-state index contributed by atoms with van der Waals surface area (Å²) in [7, 11) is 0. The van der Waals surface area contributed by atoms with Crippen molar-refractivity contribution < 1.29 is 14.3 Å². The van der Waals surface area contributed by atoms with Crippen LogP contribution >= 0.6 is 0 Å². The number of allylic oxidation sites excluding steroid dienone is 2. The first kappa shape index (κ1) is 17.4. The average molecular weight is 330 g/mol.